The van der Waals surface area contributed by atoms with Crippen LogP contribution in [-0.2, 0) is 20.3 Å². The molecule has 0 spiro atoms. The monoisotopic (exact) mass is 381 g/mol. The second kappa shape index (κ2) is 8.66. The smallest absolute Gasteiger partial charge is 0.340 e. The lowest BCUT2D eigenvalue weighted by Gasteiger charge is -2.15. The highest BCUT2D eigenvalue weighted by atomic mass is 32.2. The van der Waals surface area contributed by atoms with Gasteiger partial charge in [0.1, 0.15) is 17.3 Å². The summed E-state index contributed by atoms with van der Waals surface area (Å²) in [6.07, 6.45) is -1.32. The molecule has 0 aliphatic carbocycles. The molecule has 0 unspecified atom stereocenters. The van der Waals surface area contributed by atoms with E-state index in [-0.39, 0.29) is 5.56 Å². The predicted molar refractivity (Wildman–Crippen MR) is 93.3 cm³/mol. The zero-order valence-corrected chi connectivity index (χ0v) is 14.9. The molecule has 2 aromatic rings. The van der Waals surface area contributed by atoms with Gasteiger partial charge in [0.25, 0.3) is 5.91 Å². The maximum absolute atomic E-state index is 13.6. The summed E-state index contributed by atoms with van der Waals surface area (Å²) in [6.45, 7) is 2.97. The molecule has 0 aliphatic rings. The lowest BCUT2D eigenvalue weighted by atomic mass is 10.2. The zero-order valence-electron chi connectivity index (χ0n) is 14.1. The number of anilines is 1. The largest absolute Gasteiger partial charge is 0.449 e. The number of amides is 1. The molecule has 1 amide bonds. The molecule has 1 N–H and O–H groups in total. The molecule has 5 nitrogen and oxygen atoms in total. The van der Waals surface area contributed by atoms with Gasteiger partial charge in [-0.15, -0.1) is 0 Å². The van der Waals surface area contributed by atoms with E-state index < -0.39 is 46.1 Å². The van der Waals surface area contributed by atoms with Gasteiger partial charge in [0.15, 0.2) is 6.10 Å². The zero-order chi connectivity index (χ0) is 19.3. The minimum absolute atomic E-state index is 0.0735. The number of nitrogens with one attached hydrogen (secondary N) is 1. The van der Waals surface area contributed by atoms with Gasteiger partial charge in [0, 0.05) is 5.75 Å². The molecule has 2 atom stereocenters. The first kappa shape index (κ1) is 19.7. The first-order valence-corrected chi connectivity index (χ1v) is 9.10. The summed E-state index contributed by atoms with van der Waals surface area (Å²) >= 11 is 0. The van der Waals surface area contributed by atoms with Crippen LogP contribution in [0.25, 0.3) is 0 Å². The summed E-state index contributed by atoms with van der Waals surface area (Å²) in [5.74, 6) is -3.32. The summed E-state index contributed by atoms with van der Waals surface area (Å²) < 4.78 is 44.2. The van der Waals surface area contributed by atoms with Crippen LogP contribution in [0.5, 0.6) is 0 Å². The molecule has 0 bridgehead atoms. The Balaban J connectivity index is 2.12. The Hall–Kier alpha value is -2.61. The lowest BCUT2D eigenvalue weighted by Crippen LogP contribution is -2.31. The third-order valence-electron chi connectivity index (χ3n) is 3.48. The first-order valence-electron chi connectivity index (χ1n) is 7.78. The summed E-state index contributed by atoms with van der Waals surface area (Å²) in [6, 6.07) is 9.33. The van der Waals surface area contributed by atoms with E-state index in [1.807, 2.05) is 0 Å². The van der Waals surface area contributed by atoms with Gasteiger partial charge in [0.2, 0.25) is 0 Å². The fourth-order valence-electron chi connectivity index (χ4n) is 2.11. The molecular formula is C18H17F2NO4S. The average molecular weight is 381 g/mol. The number of benzene rings is 2. The normalized spacial score (nSPS) is 12.9. The molecule has 2 rings (SSSR count). The van der Waals surface area contributed by atoms with Gasteiger partial charge in [-0.3, -0.25) is 9.00 Å². The van der Waals surface area contributed by atoms with Crippen LogP contribution in [0.4, 0.5) is 14.5 Å². The molecule has 0 radical (unpaired) electrons. The maximum Gasteiger partial charge on any atom is 0.340 e. The first-order chi connectivity index (χ1) is 12.3. The molecule has 26 heavy (non-hydrogen) atoms. The average Bonchev–Trinajstić information content (AvgIpc) is 2.63. The Bertz CT molecular complexity index is 837. The molecule has 138 valence electrons. The molecule has 0 heterocycles. The van der Waals surface area contributed by atoms with E-state index in [0.29, 0.717) is 10.6 Å². The molecule has 8 heteroatoms. The highest BCUT2D eigenvalue weighted by molar-refractivity contribution is 7.85. The van der Waals surface area contributed by atoms with Crippen molar-refractivity contribution in [3.63, 3.8) is 0 Å². The fourth-order valence-corrected chi connectivity index (χ4v) is 3.05. The van der Waals surface area contributed by atoms with E-state index in [2.05, 4.69) is 5.32 Å². The van der Waals surface area contributed by atoms with Crippen LogP contribution < -0.4 is 5.32 Å². The van der Waals surface area contributed by atoms with Crippen LogP contribution in [0.3, 0.4) is 0 Å². The van der Waals surface area contributed by atoms with Crippen molar-refractivity contribution in [1.82, 2.24) is 0 Å². The van der Waals surface area contributed by atoms with Gasteiger partial charge >= 0.3 is 5.97 Å². The van der Waals surface area contributed by atoms with Crippen molar-refractivity contribution in [2.45, 2.75) is 24.8 Å². The number of para-hydroxylation sites is 1. The molecule has 0 fully saturated rings. The van der Waals surface area contributed by atoms with Gasteiger partial charge in [-0.25, -0.2) is 13.6 Å². The van der Waals surface area contributed by atoms with Crippen LogP contribution in [0.1, 0.15) is 24.2 Å². The third kappa shape index (κ3) is 4.51. The number of rotatable bonds is 6. The van der Waals surface area contributed by atoms with Gasteiger partial charge < -0.3 is 10.1 Å². The SMILES string of the molecule is CC[S@](=O)c1ccccc1C(=O)O[C@H](C)C(=O)Nc1c(F)cccc1F. The molecule has 0 saturated carbocycles. The van der Waals surface area contributed by atoms with Crippen molar-refractivity contribution in [2.24, 2.45) is 0 Å². The van der Waals surface area contributed by atoms with Crippen LogP contribution >= 0.6 is 0 Å². The molecule has 0 aliphatic heterocycles. The van der Waals surface area contributed by atoms with Crippen molar-refractivity contribution < 1.29 is 27.3 Å². The Kier molecular flexibility index (Phi) is 6.57. The van der Waals surface area contributed by atoms with Crippen molar-refractivity contribution in [3.8, 4) is 0 Å². The van der Waals surface area contributed by atoms with Crippen LogP contribution in [0.15, 0.2) is 47.4 Å². The summed E-state index contributed by atoms with van der Waals surface area (Å²) in [7, 11) is -1.39. The van der Waals surface area contributed by atoms with Crippen molar-refractivity contribution >= 4 is 28.4 Å². The standard InChI is InChI=1S/C18H17F2NO4S/c1-3-26(24)15-10-5-4-7-12(15)18(23)25-11(2)17(22)21-16-13(19)8-6-9-14(16)20/h4-11H,3H2,1-2H3,(H,21,22)/t11-,26+/m1/s1. The number of hydrogen-bond donors (Lipinski definition) is 1. The maximum atomic E-state index is 13.6. The quantitative estimate of drug-likeness (QED) is 0.780. The predicted octanol–water partition coefficient (Wildman–Crippen LogP) is 3.28. The van der Waals surface area contributed by atoms with E-state index in [4.69, 9.17) is 4.74 Å². The van der Waals surface area contributed by atoms with E-state index in [9.17, 15) is 22.6 Å². The number of carbonyl (C=O) groups excluding carboxylic acids is 2. The number of ether oxygens (including phenoxy) is 1. The second-order valence-corrected chi connectivity index (χ2v) is 6.97. The van der Waals surface area contributed by atoms with Crippen molar-refractivity contribution in [1.29, 1.82) is 0 Å². The van der Waals surface area contributed by atoms with Gasteiger partial charge in [0.05, 0.1) is 21.3 Å². The van der Waals surface area contributed by atoms with E-state index in [1.165, 1.54) is 19.1 Å². The Morgan fingerprint density at radius 3 is 2.35 bits per heavy atom. The van der Waals surface area contributed by atoms with Crippen molar-refractivity contribution in [3.05, 3.63) is 59.7 Å². The van der Waals surface area contributed by atoms with Crippen LogP contribution in [0, 0.1) is 11.6 Å². The molecule has 0 aromatic heterocycles. The second-order valence-electron chi connectivity index (χ2n) is 5.26. The summed E-state index contributed by atoms with van der Waals surface area (Å²) in [5, 5.41) is 2.06. The number of carbonyl (C=O) groups is 2. The van der Waals surface area contributed by atoms with E-state index >= 15 is 0 Å². The Labute approximate surface area is 151 Å². The highest BCUT2D eigenvalue weighted by Crippen LogP contribution is 2.19. The topological polar surface area (TPSA) is 72.5 Å². The van der Waals surface area contributed by atoms with Crippen LogP contribution in [0.2, 0.25) is 0 Å². The minimum Gasteiger partial charge on any atom is -0.449 e. The summed E-state index contributed by atoms with van der Waals surface area (Å²) in [4.78, 5) is 24.7. The van der Waals surface area contributed by atoms with Gasteiger partial charge in [-0.2, -0.15) is 0 Å². The van der Waals surface area contributed by atoms with Gasteiger partial charge in [-0.05, 0) is 31.2 Å². The molecule has 2 aromatic carbocycles. The number of halogens is 2. The minimum atomic E-state index is -1.39. The number of hydrogen-bond acceptors (Lipinski definition) is 4. The van der Waals surface area contributed by atoms with Crippen molar-refractivity contribution in [2.75, 3.05) is 11.1 Å². The summed E-state index contributed by atoms with van der Waals surface area (Å²) in [5.41, 5.74) is -0.544. The molecule has 0 saturated heterocycles. The number of esters is 1. The Morgan fingerprint density at radius 2 is 1.73 bits per heavy atom. The third-order valence-corrected chi connectivity index (χ3v) is 4.85. The van der Waals surface area contributed by atoms with Gasteiger partial charge in [-0.1, -0.05) is 25.1 Å². The van der Waals surface area contributed by atoms with Crippen LogP contribution in [-0.4, -0.2) is 27.9 Å². The van der Waals surface area contributed by atoms with E-state index in [1.54, 1.807) is 19.1 Å². The van der Waals surface area contributed by atoms with E-state index in [0.717, 1.165) is 18.2 Å². The lowest BCUT2D eigenvalue weighted by molar-refractivity contribution is -0.123. The molecular weight excluding hydrogens is 364 g/mol. The Morgan fingerprint density at radius 1 is 1.12 bits per heavy atom. The fraction of sp³-hybridized carbons (Fsp3) is 0.222. The highest BCUT2D eigenvalue weighted by Gasteiger charge is 2.23.